The van der Waals surface area contributed by atoms with E-state index in [-0.39, 0.29) is 16.2 Å². The molecule has 1 aromatic heterocycles. The Morgan fingerprint density at radius 2 is 1.71 bits per heavy atom. The highest BCUT2D eigenvalue weighted by Crippen LogP contribution is 2.45. The van der Waals surface area contributed by atoms with Crippen LogP contribution in [0.4, 0.5) is 11.4 Å². The number of imidazole rings is 1. The highest BCUT2D eigenvalue weighted by molar-refractivity contribution is 5.63. The van der Waals surface area contributed by atoms with E-state index in [1.807, 2.05) is 31.5 Å². The van der Waals surface area contributed by atoms with E-state index in [4.69, 9.17) is 4.74 Å². The van der Waals surface area contributed by atoms with Crippen LogP contribution in [0.1, 0.15) is 29.2 Å². The summed E-state index contributed by atoms with van der Waals surface area (Å²) in [6, 6.07) is 8.59. The lowest BCUT2D eigenvalue weighted by Crippen LogP contribution is -2.52. The van der Waals surface area contributed by atoms with Crippen LogP contribution in [-0.4, -0.2) is 57.7 Å². The van der Waals surface area contributed by atoms with Crippen molar-refractivity contribution in [1.82, 2.24) is 14.5 Å². The summed E-state index contributed by atoms with van der Waals surface area (Å²) < 4.78 is 8.50. The zero-order chi connectivity index (χ0) is 24.0. The Balaban J connectivity index is 1.24. The second-order valence-electron chi connectivity index (χ2n) is 9.77. The number of rotatable bonds is 5. The fourth-order valence-corrected chi connectivity index (χ4v) is 5.42. The van der Waals surface area contributed by atoms with Gasteiger partial charge in [0.1, 0.15) is 11.4 Å². The topological polar surface area (TPSA) is 76.7 Å². The smallest absolute Gasteiger partial charge is 0.275 e. The van der Waals surface area contributed by atoms with Crippen LogP contribution >= 0.6 is 0 Å². The summed E-state index contributed by atoms with van der Waals surface area (Å²) in [4.78, 5) is 20.4. The first-order chi connectivity index (χ1) is 16.3. The van der Waals surface area contributed by atoms with Gasteiger partial charge in [-0.1, -0.05) is 0 Å². The van der Waals surface area contributed by atoms with E-state index in [2.05, 4.69) is 46.0 Å². The van der Waals surface area contributed by atoms with Gasteiger partial charge in [0.25, 0.3) is 5.69 Å². The molecular weight excluding hydrogens is 430 g/mol. The molecule has 2 aromatic carbocycles. The highest BCUT2D eigenvalue weighted by atomic mass is 16.6. The molecule has 0 N–H and O–H groups in total. The molecule has 0 amide bonds. The summed E-state index contributed by atoms with van der Waals surface area (Å²) in [5.74, 6) is 0.847. The van der Waals surface area contributed by atoms with Crippen molar-refractivity contribution < 1.29 is 9.66 Å². The molecule has 0 radical (unpaired) electrons. The molecule has 1 fully saturated rings. The van der Waals surface area contributed by atoms with Gasteiger partial charge >= 0.3 is 0 Å². The summed E-state index contributed by atoms with van der Waals surface area (Å²) in [6.07, 6.45) is 6.23. The van der Waals surface area contributed by atoms with Crippen molar-refractivity contribution >= 4 is 11.4 Å². The third-order valence-corrected chi connectivity index (χ3v) is 7.37. The van der Waals surface area contributed by atoms with E-state index in [1.54, 1.807) is 12.5 Å². The summed E-state index contributed by atoms with van der Waals surface area (Å²) in [7, 11) is 0. The third kappa shape index (κ3) is 3.92. The number of hydrogen-bond donors (Lipinski definition) is 0. The molecule has 178 valence electrons. The predicted octanol–water partition coefficient (Wildman–Crippen LogP) is 4.22. The van der Waals surface area contributed by atoms with E-state index in [9.17, 15) is 10.1 Å². The fraction of sp³-hybridized carbons (Fsp3) is 0.423. The van der Waals surface area contributed by atoms with Crippen LogP contribution in [0.3, 0.4) is 0 Å². The van der Waals surface area contributed by atoms with E-state index in [0.29, 0.717) is 12.0 Å². The highest BCUT2D eigenvalue weighted by Gasteiger charge is 2.41. The first-order valence-electron chi connectivity index (χ1n) is 11.8. The van der Waals surface area contributed by atoms with Crippen molar-refractivity contribution in [2.24, 2.45) is 0 Å². The van der Waals surface area contributed by atoms with Crippen molar-refractivity contribution in [2.75, 3.05) is 37.6 Å². The van der Waals surface area contributed by atoms with Crippen LogP contribution < -0.4 is 9.64 Å². The summed E-state index contributed by atoms with van der Waals surface area (Å²) in [6.45, 7) is 12.4. The summed E-state index contributed by atoms with van der Waals surface area (Å²) in [5.41, 5.74) is 5.52. The molecule has 5 rings (SSSR count). The molecular formula is C26H31N5O3. The number of aromatic nitrogens is 2. The third-order valence-electron chi connectivity index (χ3n) is 7.37. The Labute approximate surface area is 199 Å². The van der Waals surface area contributed by atoms with Gasteiger partial charge in [0.2, 0.25) is 0 Å². The van der Waals surface area contributed by atoms with Crippen LogP contribution in [0.2, 0.25) is 0 Å². The second kappa shape index (κ2) is 8.43. The molecule has 2 aliphatic rings. The minimum Gasteiger partial charge on any atom is -0.485 e. The molecule has 2 aliphatic heterocycles. The molecule has 3 heterocycles. The predicted molar refractivity (Wildman–Crippen MR) is 132 cm³/mol. The average molecular weight is 462 g/mol. The van der Waals surface area contributed by atoms with E-state index in [1.165, 1.54) is 5.69 Å². The SMILES string of the molecule is Cc1c(C)c([N+](=O)[O-])c(C)c2c1OC(C)(CN1CCN(c3ccc(-n4ccnc4)cc3)CC1)C2. The lowest BCUT2D eigenvalue weighted by Gasteiger charge is -2.39. The number of nitro groups is 1. The van der Waals surface area contributed by atoms with E-state index in [0.717, 1.165) is 60.9 Å². The number of nitro benzene ring substituents is 1. The minimum absolute atomic E-state index is 0.233. The fourth-order valence-electron chi connectivity index (χ4n) is 5.42. The van der Waals surface area contributed by atoms with Crippen molar-refractivity contribution in [1.29, 1.82) is 0 Å². The average Bonchev–Trinajstić information content (AvgIpc) is 3.47. The zero-order valence-corrected chi connectivity index (χ0v) is 20.2. The Kier molecular flexibility index (Phi) is 5.56. The van der Waals surface area contributed by atoms with Gasteiger partial charge in [0.15, 0.2) is 0 Å². The molecule has 1 unspecified atom stereocenters. The van der Waals surface area contributed by atoms with Crippen LogP contribution in [0, 0.1) is 30.9 Å². The maximum absolute atomic E-state index is 11.6. The van der Waals surface area contributed by atoms with Crippen molar-refractivity contribution in [3.8, 4) is 11.4 Å². The van der Waals surface area contributed by atoms with Gasteiger partial charge in [-0.05, 0) is 52.0 Å². The summed E-state index contributed by atoms with van der Waals surface area (Å²) >= 11 is 0. The maximum Gasteiger partial charge on any atom is 0.275 e. The Bertz CT molecular complexity index is 1210. The number of benzene rings is 2. The quantitative estimate of drug-likeness (QED) is 0.418. The molecule has 0 saturated carbocycles. The van der Waals surface area contributed by atoms with Crippen molar-refractivity contribution in [2.45, 2.75) is 39.7 Å². The van der Waals surface area contributed by atoms with Crippen LogP contribution in [0.25, 0.3) is 5.69 Å². The van der Waals surface area contributed by atoms with Gasteiger partial charge in [-0.25, -0.2) is 4.98 Å². The van der Waals surface area contributed by atoms with E-state index >= 15 is 0 Å². The normalized spacial score (nSPS) is 20.3. The lowest BCUT2D eigenvalue weighted by molar-refractivity contribution is -0.386. The molecule has 0 aliphatic carbocycles. The number of ether oxygens (including phenoxy) is 1. The molecule has 0 bridgehead atoms. The minimum atomic E-state index is -0.381. The lowest BCUT2D eigenvalue weighted by atomic mass is 9.91. The number of nitrogens with zero attached hydrogens (tertiary/aromatic N) is 5. The number of anilines is 1. The molecule has 1 saturated heterocycles. The standard InChI is InChI=1S/C26H31N5O3/c1-18-19(2)25-23(20(3)24(18)31(32)33)15-26(4,34-25)16-28-11-13-29(14-12-28)21-5-7-22(8-6-21)30-10-9-27-17-30/h5-10,17H,11-16H2,1-4H3. The first-order valence-corrected chi connectivity index (χ1v) is 11.8. The Morgan fingerprint density at radius 1 is 1.03 bits per heavy atom. The molecule has 0 spiro atoms. The summed E-state index contributed by atoms with van der Waals surface area (Å²) in [5, 5.41) is 11.6. The van der Waals surface area contributed by atoms with Gasteiger partial charge in [0.05, 0.1) is 11.3 Å². The molecule has 8 nitrogen and oxygen atoms in total. The molecule has 1 atom stereocenters. The number of piperazine rings is 1. The molecule has 8 heteroatoms. The maximum atomic E-state index is 11.6. The van der Waals surface area contributed by atoms with Crippen molar-refractivity contribution in [3.05, 3.63) is 75.4 Å². The van der Waals surface area contributed by atoms with Crippen LogP contribution in [0.15, 0.2) is 43.0 Å². The van der Waals surface area contributed by atoms with Gasteiger partial charge in [-0.3, -0.25) is 15.0 Å². The Morgan fingerprint density at radius 3 is 2.32 bits per heavy atom. The van der Waals surface area contributed by atoms with Gasteiger partial charge < -0.3 is 14.2 Å². The number of fused-ring (bicyclic) bond motifs is 1. The van der Waals surface area contributed by atoms with Gasteiger partial charge in [0, 0.05) is 85.2 Å². The first kappa shape index (κ1) is 22.4. The van der Waals surface area contributed by atoms with E-state index < -0.39 is 0 Å². The van der Waals surface area contributed by atoms with Crippen molar-refractivity contribution in [3.63, 3.8) is 0 Å². The number of hydrogen-bond acceptors (Lipinski definition) is 6. The largest absolute Gasteiger partial charge is 0.485 e. The molecule has 3 aromatic rings. The zero-order valence-electron chi connectivity index (χ0n) is 20.2. The van der Waals surface area contributed by atoms with Crippen LogP contribution in [-0.2, 0) is 6.42 Å². The molecule has 34 heavy (non-hydrogen) atoms. The van der Waals surface area contributed by atoms with Crippen LogP contribution in [0.5, 0.6) is 5.75 Å². The Hall–Kier alpha value is -3.39. The monoisotopic (exact) mass is 461 g/mol. The van der Waals surface area contributed by atoms with Gasteiger partial charge in [-0.15, -0.1) is 0 Å². The van der Waals surface area contributed by atoms with Gasteiger partial charge in [-0.2, -0.15) is 0 Å². The second-order valence-corrected chi connectivity index (χ2v) is 9.77.